The van der Waals surface area contributed by atoms with Crippen LogP contribution in [-0.2, 0) is 13.1 Å². The maximum atomic E-state index is 13.1. The molecule has 5 heteroatoms. The maximum Gasteiger partial charge on any atom is 0.255 e. The van der Waals surface area contributed by atoms with Crippen LogP contribution in [0.25, 0.3) is 0 Å². The molecule has 0 atom stereocenters. The third-order valence-corrected chi connectivity index (χ3v) is 5.41. The standard InChI is InChI=1S/C22H20Cl2N2O/c23-17-8-11-20(21(24)13-17)22(27)26(18-9-10-18)15-19-7-4-12-25(19)14-16-5-2-1-3-6-16/h1-8,11-13,18H,9-10,14-15H2. The molecule has 2 aromatic carbocycles. The Kier molecular flexibility index (Phi) is 5.24. The summed E-state index contributed by atoms with van der Waals surface area (Å²) < 4.78 is 2.20. The second kappa shape index (κ2) is 7.79. The molecule has 0 saturated heterocycles. The Morgan fingerprint density at radius 3 is 2.52 bits per heavy atom. The van der Waals surface area contributed by atoms with Crippen molar-refractivity contribution >= 4 is 29.1 Å². The summed E-state index contributed by atoms with van der Waals surface area (Å²) >= 11 is 12.3. The Labute approximate surface area is 169 Å². The van der Waals surface area contributed by atoms with Crippen LogP contribution in [0.1, 0.15) is 34.5 Å². The van der Waals surface area contributed by atoms with Gasteiger partial charge >= 0.3 is 0 Å². The van der Waals surface area contributed by atoms with E-state index in [1.54, 1.807) is 18.2 Å². The molecule has 1 aromatic heterocycles. The summed E-state index contributed by atoms with van der Waals surface area (Å²) in [4.78, 5) is 15.1. The number of aromatic nitrogens is 1. The van der Waals surface area contributed by atoms with Gasteiger partial charge < -0.3 is 9.47 Å². The van der Waals surface area contributed by atoms with Crippen molar-refractivity contribution in [2.45, 2.75) is 32.0 Å². The van der Waals surface area contributed by atoms with Crippen LogP contribution >= 0.6 is 23.2 Å². The fourth-order valence-electron chi connectivity index (χ4n) is 3.27. The fourth-order valence-corrected chi connectivity index (χ4v) is 3.76. The molecule has 0 N–H and O–H groups in total. The van der Waals surface area contributed by atoms with Gasteiger partial charge in [-0.1, -0.05) is 53.5 Å². The van der Waals surface area contributed by atoms with Crippen LogP contribution in [0, 0.1) is 0 Å². The van der Waals surface area contributed by atoms with E-state index in [4.69, 9.17) is 23.2 Å². The molecule has 3 nitrogen and oxygen atoms in total. The van der Waals surface area contributed by atoms with Crippen molar-refractivity contribution in [1.82, 2.24) is 9.47 Å². The van der Waals surface area contributed by atoms with E-state index in [9.17, 15) is 4.79 Å². The summed E-state index contributed by atoms with van der Waals surface area (Å²) in [6, 6.07) is 19.8. The number of rotatable bonds is 6. The molecule has 0 spiro atoms. The molecule has 138 valence electrons. The minimum Gasteiger partial charge on any atom is -0.345 e. The zero-order valence-corrected chi connectivity index (χ0v) is 16.3. The Morgan fingerprint density at radius 2 is 1.81 bits per heavy atom. The second-order valence-electron chi connectivity index (χ2n) is 6.90. The molecule has 1 fully saturated rings. The molecule has 1 saturated carbocycles. The molecule has 0 unspecified atom stereocenters. The van der Waals surface area contributed by atoms with Gasteiger partial charge in [-0.05, 0) is 48.7 Å². The lowest BCUT2D eigenvalue weighted by Crippen LogP contribution is -2.33. The number of nitrogens with zero attached hydrogens (tertiary/aromatic N) is 2. The number of amides is 1. The summed E-state index contributed by atoms with van der Waals surface area (Å²) in [5.74, 6) is -0.0355. The van der Waals surface area contributed by atoms with Crippen molar-refractivity contribution < 1.29 is 4.79 Å². The number of benzene rings is 2. The van der Waals surface area contributed by atoms with Crippen molar-refractivity contribution in [3.05, 3.63) is 93.7 Å². The number of hydrogen-bond acceptors (Lipinski definition) is 1. The summed E-state index contributed by atoms with van der Waals surface area (Å²) in [6.07, 6.45) is 4.14. The average Bonchev–Trinajstić information content (AvgIpc) is 3.41. The van der Waals surface area contributed by atoms with Gasteiger partial charge in [0.1, 0.15) is 0 Å². The molecular weight excluding hydrogens is 379 g/mol. The molecular formula is C22H20Cl2N2O. The second-order valence-corrected chi connectivity index (χ2v) is 7.75. The monoisotopic (exact) mass is 398 g/mol. The highest BCUT2D eigenvalue weighted by Crippen LogP contribution is 2.32. The van der Waals surface area contributed by atoms with E-state index in [1.807, 2.05) is 29.2 Å². The van der Waals surface area contributed by atoms with Gasteiger partial charge in [0.15, 0.2) is 0 Å². The predicted molar refractivity (Wildman–Crippen MR) is 109 cm³/mol. The van der Waals surface area contributed by atoms with Gasteiger partial charge in [-0.2, -0.15) is 0 Å². The summed E-state index contributed by atoms with van der Waals surface area (Å²) in [7, 11) is 0. The van der Waals surface area contributed by atoms with E-state index < -0.39 is 0 Å². The topological polar surface area (TPSA) is 25.2 Å². The summed E-state index contributed by atoms with van der Waals surface area (Å²) in [6.45, 7) is 1.36. The van der Waals surface area contributed by atoms with Gasteiger partial charge in [0.2, 0.25) is 0 Å². The van der Waals surface area contributed by atoms with Gasteiger partial charge in [-0.25, -0.2) is 0 Å². The number of carbonyl (C=O) groups is 1. The smallest absolute Gasteiger partial charge is 0.255 e. The Morgan fingerprint density at radius 1 is 1.04 bits per heavy atom. The number of halogens is 2. The first-order valence-electron chi connectivity index (χ1n) is 9.06. The molecule has 0 aliphatic heterocycles. The average molecular weight is 399 g/mol. The highest BCUT2D eigenvalue weighted by molar-refractivity contribution is 6.36. The fraction of sp³-hybridized carbons (Fsp3) is 0.227. The van der Waals surface area contributed by atoms with E-state index in [0.29, 0.717) is 22.2 Å². The van der Waals surface area contributed by atoms with Crippen molar-refractivity contribution in [3.63, 3.8) is 0 Å². The van der Waals surface area contributed by atoms with Crippen LogP contribution < -0.4 is 0 Å². The van der Waals surface area contributed by atoms with Crippen LogP contribution in [0.4, 0.5) is 0 Å². The normalized spacial score (nSPS) is 13.6. The zero-order chi connectivity index (χ0) is 18.8. The van der Waals surface area contributed by atoms with Crippen molar-refractivity contribution in [2.24, 2.45) is 0 Å². The minimum absolute atomic E-state index is 0.0355. The maximum absolute atomic E-state index is 13.1. The molecule has 4 rings (SSSR count). The first-order valence-corrected chi connectivity index (χ1v) is 9.81. The van der Waals surface area contributed by atoms with Crippen molar-refractivity contribution in [1.29, 1.82) is 0 Å². The van der Waals surface area contributed by atoms with Crippen LogP contribution in [0.15, 0.2) is 66.9 Å². The van der Waals surface area contributed by atoms with Crippen LogP contribution in [0.2, 0.25) is 10.0 Å². The Balaban J connectivity index is 1.56. The molecule has 3 aromatic rings. The quantitative estimate of drug-likeness (QED) is 0.526. The zero-order valence-electron chi connectivity index (χ0n) is 14.8. The SMILES string of the molecule is O=C(c1ccc(Cl)cc1Cl)N(Cc1cccn1Cc1ccccc1)C1CC1. The van der Waals surface area contributed by atoms with Gasteiger partial charge in [0, 0.05) is 29.5 Å². The number of carbonyl (C=O) groups excluding carboxylic acids is 1. The third-order valence-electron chi connectivity index (χ3n) is 4.86. The molecule has 0 bridgehead atoms. The Bertz CT molecular complexity index is 948. The van der Waals surface area contributed by atoms with Gasteiger partial charge in [0.05, 0.1) is 17.1 Å². The summed E-state index contributed by atoms with van der Waals surface area (Å²) in [5.41, 5.74) is 2.86. The van der Waals surface area contributed by atoms with Crippen LogP contribution in [0.5, 0.6) is 0 Å². The Hall–Kier alpha value is -2.23. The van der Waals surface area contributed by atoms with Crippen LogP contribution in [-0.4, -0.2) is 21.4 Å². The molecule has 1 aliphatic rings. The van der Waals surface area contributed by atoms with E-state index in [1.165, 1.54) is 5.56 Å². The molecule has 27 heavy (non-hydrogen) atoms. The van der Waals surface area contributed by atoms with E-state index in [0.717, 1.165) is 25.1 Å². The lowest BCUT2D eigenvalue weighted by Gasteiger charge is -2.24. The first-order chi connectivity index (χ1) is 13.1. The van der Waals surface area contributed by atoms with Gasteiger partial charge in [-0.15, -0.1) is 0 Å². The number of hydrogen-bond donors (Lipinski definition) is 0. The molecule has 1 heterocycles. The van der Waals surface area contributed by atoms with E-state index in [2.05, 4.69) is 29.0 Å². The van der Waals surface area contributed by atoms with Crippen molar-refractivity contribution in [2.75, 3.05) is 0 Å². The first kappa shape index (κ1) is 18.1. The molecule has 1 aliphatic carbocycles. The van der Waals surface area contributed by atoms with E-state index >= 15 is 0 Å². The van der Waals surface area contributed by atoms with Crippen molar-refractivity contribution in [3.8, 4) is 0 Å². The largest absolute Gasteiger partial charge is 0.345 e. The highest BCUT2D eigenvalue weighted by atomic mass is 35.5. The minimum atomic E-state index is -0.0355. The lowest BCUT2D eigenvalue weighted by atomic mass is 10.2. The predicted octanol–water partition coefficient (Wildman–Crippen LogP) is 5.65. The molecule has 0 radical (unpaired) electrons. The lowest BCUT2D eigenvalue weighted by molar-refractivity contribution is 0.0726. The third kappa shape index (κ3) is 4.20. The van der Waals surface area contributed by atoms with Crippen LogP contribution in [0.3, 0.4) is 0 Å². The summed E-state index contributed by atoms with van der Waals surface area (Å²) in [5, 5.41) is 0.934. The molecule has 1 amide bonds. The van der Waals surface area contributed by atoms with Gasteiger partial charge in [-0.3, -0.25) is 4.79 Å². The van der Waals surface area contributed by atoms with Gasteiger partial charge in [0.25, 0.3) is 5.91 Å². The van der Waals surface area contributed by atoms with E-state index in [-0.39, 0.29) is 11.9 Å². The highest BCUT2D eigenvalue weighted by Gasteiger charge is 2.34.